The van der Waals surface area contributed by atoms with Gasteiger partial charge in [-0.25, -0.2) is 4.39 Å². The summed E-state index contributed by atoms with van der Waals surface area (Å²) >= 11 is 0. The third-order valence-electron chi connectivity index (χ3n) is 7.25. The minimum Gasteiger partial charge on any atom is -0.299 e. The second kappa shape index (κ2) is 4.39. The SMILES string of the molecule is C[C@]12C=CC(=O)C=C1[C@@H](F)C[C@@H]1[C@@H]2CC[C@]2(C)C(=O)CC[C@@H]12. The zero-order valence-electron chi connectivity index (χ0n) is 13.3. The molecule has 0 aromatic carbocycles. The van der Waals surface area contributed by atoms with Crippen LogP contribution in [0, 0.1) is 28.6 Å². The van der Waals surface area contributed by atoms with Gasteiger partial charge in [-0.2, -0.15) is 0 Å². The highest BCUT2D eigenvalue weighted by Gasteiger charge is 2.60. The highest BCUT2D eigenvalue weighted by Crippen LogP contribution is 2.63. The molecule has 3 heteroatoms. The summed E-state index contributed by atoms with van der Waals surface area (Å²) in [6.45, 7) is 4.19. The molecule has 4 rings (SSSR count). The van der Waals surface area contributed by atoms with Crippen molar-refractivity contribution >= 4 is 11.6 Å². The third-order valence-corrected chi connectivity index (χ3v) is 7.25. The van der Waals surface area contributed by atoms with Crippen molar-refractivity contribution in [3.63, 3.8) is 0 Å². The monoisotopic (exact) mass is 302 g/mol. The van der Waals surface area contributed by atoms with Crippen molar-refractivity contribution in [3.8, 4) is 0 Å². The Hall–Kier alpha value is -1.25. The van der Waals surface area contributed by atoms with Gasteiger partial charge in [-0.15, -0.1) is 0 Å². The number of rotatable bonds is 0. The smallest absolute Gasteiger partial charge is 0.178 e. The number of carbonyl (C=O) groups is 2. The average molecular weight is 302 g/mol. The summed E-state index contributed by atoms with van der Waals surface area (Å²) in [6.07, 6.45) is 7.96. The molecular formula is C19H23FO2. The number of hydrogen-bond acceptors (Lipinski definition) is 2. The molecule has 4 aliphatic rings. The van der Waals surface area contributed by atoms with E-state index in [1.54, 1.807) is 6.08 Å². The molecule has 22 heavy (non-hydrogen) atoms. The van der Waals surface area contributed by atoms with E-state index < -0.39 is 6.17 Å². The Morgan fingerprint density at radius 3 is 2.73 bits per heavy atom. The number of fused-ring (bicyclic) bond motifs is 5. The van der Waals surface area contributed by atoms with E-state index in [2.05, 4.69) is 13.8 Å². The first-order chi connectivity index (χ1) is 10.4. The predicted octanol–water partition coefficient (Wildman–Crippen LogP) is 3.81. The van der Waals surface area contributed by atoms with Crippen LogP contribution >= 0.6 is 0 Å². The van der Waals surface area contributed by atoms with Gasteiger partial charge in [0, 0.05) is 17.3 Å². The summed E-state index contributed by atoms with van der Waals surface area (Å²) < 4.78 is 14.8. The van der Waals surface area contributed by atoms with Crippen LogP contribution in [0.1, 0.15) is 46.0 Å². The number of carbonyl (C=O) groups excluding carboxylic acids is 2. The maximum Gasteiger partial charge on any atom is 0.178 e. The molecule has 0 heterocycles. The first-order valence-electron chi connectivity index (χ1n) is 8.49. The Kier molecular flexibility index (Phi) is 2.87. The van der Waals surface area contributed by atoms with Crippen LogP contribution in [-0.4, -0.2) is 17.7 Å². The van der Waals surface area contributed by atoms with Crippen LogP contribution in [-0.2, 0) is 9.59 Å². The zero-order chi connectivity index (χ0) is 15.7. The minimum atomic E-state index is -1.04. The van der Waals surface area contributed by atoms with E-state index in [-0.39, 0.29) is 22.5 Å². The van der Waals surface area contributed by atoms with E-state index in [4.69, 9.17) is 0 Å². The van der Waals surface area contributed by atoms with E-state index in [1.165, 1.54) is 6.08 Å². The molecule has 0 N–H and O–H groups in total. The lowest BCUT2D eigenvalue weighted by Crippen LogP contribution is -2.52. The molecule has 0 saturated heterocycles. The van der Waals surface area contributed by atoms with Gasteiger partial charge in [-0.3, -0.25) is 9.59 Å². The van der Waals surface area contributed by atoms with Crippen LogP contribution in [0.5, 0.6) is 0 Å². The lowest BCUT2D eigenvalue weighted by molar-refractivity contribution is -0.132. The van der Waals surface area contributed by atoms with Crippen LogP contribution < -0.4 is 0 Å². The molecule has 0 unspecified atom stereocenters. The molecule has 118 valence electrons. The molecule has 0 bridgehead atoms. The van der Waals surface area contributed by atoms with E-state index in [0.717, 1.165) is 19.3 Å². The molecule has 0 aromatic heterocycles. The normalized spacial score (nSPS) is 50.2. The molecule has 4 aliphatic carbocycles. The molecule has 3 fully saturated rings. The Labute approximate surface area is 130 Å². The van der Waals surface area contributed by atoms with Gasteiger partial charge in [0.1, 0.15) is 12.0 Å². The van der Waals surface area contributed by atoms with Gasteiger partial charge in [-0.1, -0.05) is 19.9 Å². The fraction of sp³-hybridized carbons (Fsp3) is 0.684. The first kappa shape index (κ1) is 14.3. The number of allylic oxidation sites excluding steroid dienone is 4. The number of halogens is 1. The molecule has 6 atom stereocenters. The Bertz CT molecular complexity index is 619. The molecule has 0 spiro atoms. The number of ketones is 2. The Balaban J connectivity index is 1.76. The minimum absolute atomic E-state index is 0.0923. The van der Waals surface area contributed by atoms with Crippen LogP contribution in [0.15, 0.2) is 23.8 Å². The summed E-state index contributed by atoms with van der Waals surface area (Å²) in [7, 11) is 0. The Morgan fingerprint density at radius 2 is 1.95 bits per heavy atom. The highest BCUT2D eigenvalue weighted by atomic mass is 19.1. The first-order valence-corrected chi connectivity index (χ1v) is 8.49. The summed E-state index contributed by atoms with van der Waals surface area (Å²) in [5.41, 5.74) is 0.102. The van der Waals surface area contributed by atoms with Gasteiger partial charge in [-0.05, 0) is 61.2 Å². The van der Waals surface area contributed by atoms with Crippen molar-refractivity contribution in [2.45, 2.75) is 52.1 Å². The van der Waals surface area contributed by atoms with E-state index in [0.29, 0.717) is 36.0 Å². The van der Waals surface area contributed by atoms with Crippen molar-refractivity contribution in [2.24, 2.45) is 28.6 Å². The van der Waals surface area contributed by atoms with Crippen molar-refractivity contribution in [1.29, 1.82) is 0 Å². The van der Waals surface area contributed by atoms with E-state index >= 15 is 0 Å². The quantitative estimate of drug-likeness (QED) is 0.682. The zero-order valence-corrected chi connectivity index (χ0v) is 13.3. The van der Waals surface area contributed by atoms with Crippen molar-refractivity contribution in [1.82, 2.24) is 0 Å². The Morgan fingerprint density at radius 1 is 1.18 bits per heavy atom. The lowest BCUT2D eigenvalue weighted by atomic mass is 9.48. The third kappa shape index (κ3) is 1.65. The van der Waals surface area contributed by atoms with E-state index in [9.17, 15) is 14.0 Å². The molecule has 0 radical (unpaired) electrons. The van der Waals surface area contributed by atoms with Gasteiger partial charge in [0.25, 0.3) is 0 Å². The lowest BCUT2D eigenvalue weighted by Gasteiger charge is -2.56. The standard InChI is InChI=1S/C19H23FO2/c1-18-7-5-11(21)9-15(18)16(20)10-12-13-3-4-17(22)19(13,2)8-6-14(12)18/h5,7,9,12-14,16H,3-4,6,8,10H2,1-2H3/t12-,13-,14-,16-,18+,19-/m0/s1. The number of alkyl halides is 1. The molecule has 2 nitrogen and oxygen atoms in total. The number of Topliss-reactive ketones (excluding diaryl/α,β-unsaturated/α-hetero) is 1. The topological polar surface area (TPSA) is 34.1 Å². The molecular weight excluding hydrogens is 279 g/mol. The van der Waals surface area contributed by atoms with Crippen LogP contribution in [0.4, 0.5) is 4.39 Å². The van der Waals surface area contributed by atoms with E-state index in [1.807, 2.05) is 6.08 Å². The summed E-state index contributed by atoms with van der Waals surface area (Å²) in [6, 6.07) is 0. The number of hydrogen-bond donors (Lipinski definition) is 0. The largest absolute Gasteiger partial charge is 0.299 e. The molecule has 3 saturated carbocycles. The van der Waals surface area contributed by atoms with Crippen LogP contribution in [0.2, 0.25) is 0 Å². The molecule has 0 aromatic rings. The molecule has 0 aliphatic heterocycles. The molecule has 0 amide bonds. The fourth-order valence-electron chi connectivity index (χ4n) is 5.97. The van der Waals surface area contributed by atoms with Crippen molar-refractivity contribution < 1.29 is 14.0 Å². The van der Waals surface area contributed by atoms with Crippen molar-refractivity contribution in [3.05, 3.63) is 23.8 Å². The van der Waals surface area contributed by atoms with Gasteiger partial charge in [0.2, 0.25) is 0 Å². The van der Waals surface area contributed by atoms with Gasteiger partial charge in [0.05, 0.1) is 0 Å². The van der Waals surface area contributed by atoms with Crippen LogP contribution in [0.25, 0.3) is 0 Å². The van der Waals surface area contributed by atoms with Gasteiger partial charge >= 0.3 is 0 Å². The van der Waals surface area contributed by atoms with Gasteiger partial charge in [0.15, 0.2) is 5.78 Å². The van der Waals surface area contributed by atoms with Gasteiger partial charge < -0.3 is 0 Å². The second-order valence-electron chi connectivity index (χ2n) is 8.12. The van der Waals surface area contributed by atoms with Crippen LogP contribution in [0.3, 0.4) is 0 Å². The highest BCUT2D eigenvalue weighted by molar-refractivity contribution is 6.01. The maximum absolute atomic E-state index is 14.8. The van der Waals surface area contributed by atoms with Crippen molar-refractivity contribution in [2.75, 3.05) is 0 Å². The fourth-order valence-corrected chi connectivity index (χ4v) is 5.97. The summed E-state index contributed by atoms with van der Waals surface area (Å²) in [5.74, 6) is 1.23. The second-order valence-corrected chi connectivity index (χ2v) is 8.12. The average Bonchev–Trinajstić information content (AvgIpc) is 2.77. The summed E-state index contributed by atoms with van der Waals surface area (Å²) in [4.78, 5) is 24.0. The maximum atomic E-state index is 14.8. The predicted molar refractivity (Wildman–Crippen MR) is 81.9 cm³/mol. The summed E-state index contributed by atoms with van der Waals surface area (Å²) in [5, 5.41) is 0.